The van der Waals surface area contributed by atoms with Crippen LogP contribution >= 0.6 is 0 Å². The molecule has 56 valence electrons. The van der Waals surface area contributed by atoms with Gasteiger partial charge in [0.2, 0.25) is 0 Å². The zero-order valence-corrected chi connectivity index (χ0v) is 6.13. The van der Waals surface area contributed by atoms with Crippen LogP contribution in [0, 0.1) is 0 Å². The number of allylic oxidation sites excluding steroid dienone is 3. The van der Waals surface area contributed by atoms with Gasteiger partial charge < -0.3 is 9.84 Å². The lowest BCUT2D eigenvalue weighted by molar-refractivity contribution is 0.221. The van der Waals surface area contributed by atoms with Crippen LogP contribution in [0.15, 0.2) is 23.5 Å². The van der Waals surface area contributed by atoms with Crippen LogP contribution in [0.3, 0.4) is 0 Å². The van der Waals surface area contributed by atoms with E-state index in [4.69, 9.17) is 9.84 Å². The number of rotatable bonds is 2. The third-order valence-electron chi connectivity index (χ3n) is 1.54. The maximum Gasteiger partial charge on any atom is 0.0925 e. The van der Waals surface area contributed by atoms with Crippen molar-refractivity contribution < 1.29 is 9.84 Å². The van der Waals surface area contributed by atoms with Gasteiger partial charge in [-0.1, -0.05) is 6.08 Å². The molecule has 1 aliphatic rings. The Labute approximate surface area is 60.8 Å². The molecule has 0 heterocycles. The molecule has 0 atom stereocenters. The Morgan fingerprint density at radius 2 is 2.30 bits per heavy atom. The zero-order valence-electron chi connectivity index (χ0n) is 6.13. The normalized spacial score (nSPS) is 18.1. The molecule has 1 rings (SSSR count). The van der Waals surface area contributed by atoms with E-state index in [-0.39, 0.29) is 0 Å². The van der Waals surface area contributed by atoms with Crippen LogP contribution in [0.4, 0.5) is 0 Å². The van der Waals surface area contributed by atoms with E-state index in [1.165, 1.54) is 5.57 Å². The van der Waals surface area contributed by atoms with Gasteiger partial charge in [0.15, 0.2) is 0 Å². The summed E-state index contributed by atoms with van der Waals surface area (Å²) < 4.78 is 4.94. The number of hydrogen-bond acceptors (Lipinski definition) is 2. The average molecular weight is 140 g/mol. The summed E-state index contributed by atoms with van der Waals surface area (Å²) in [5.74, 6) is 0.472. The SMILES string of the molecule is COCC1=CC=C(O)CC1. The second-order valence-electron chi connectivity index (χ2n) is 2.42. The zero-order chi connectivity index (χ0) is 7.40. The van der Waals surface area contributed by atoms with Crippen molar-refractivity contribution in [2.45, 2.75) is 12.8 Å². The maximum absolute atomic E-state index is 8.97. The molecule has 0 amide bonds. The van der Waals surface area contributed by atoms with Crippen molar-refractivity contribution in [3.63, 3.8) is 0 Å². The molecule has 0 saturated heterocycles. The summed E-state index contributed by atoms with van der Waals surface area (Å²) in [6, 6.07) is 0. The molecular weight excluding hydrogens is 128 g/mol. The minimum Gasteiger partial charge on any atom is -0.512 e. The monoisotopic (exact) mass is 140 g/mol. The molecule has 0 saturated carbocycles. The topological polar surface area (TPSA) is 29.5 Å². The summed E-state index contributed by atoms with van der Waals surface area (Å²) in [4.78, 5) is 0. The Morgan fingerprint density at radius 1 is 1.50 bits per heavy atom. The Bertz CT molecular complexity index is 164. The summed E-state index contributed by atoms with van der Waals surface area (Å²) in [5.41, 5.74) is 1.25. The molecule has 0 aromatic rings. The molecule has 2 nitrogen and oxygen atoms in total. The van der Waals surface area contributed by atoms with Crippen molar-refractivity contribution in [2.75, 3.05) is 13.7 Å². The van der Waals surface area contributed by atoms with Crippen molar-refractivity contribution in [1.82, 2.24) is 0 Å². The summed E-state index contributed by atoms with van der Waals surface area (Å²) >= 11 is 0. The molecule has 0 aliphatic heterocycles. The molecule has 0 unspecified atom stereocenters. The van der Waals surface area contributed by atoms with E-state index in [9.17, 15) is 0 Å². The summed E-state index contributed by atoms with van der Waals surface area (Å²) in [7, 11) is 1.68. The first-order chi connectivity index (χ1) is 4.83. The third-order valence-corrected chi connectivity index (χ3v) is 1.54. The smallest absolute Gasteiger partial charge is 0.0925 e. The molecular formula is C8H12O2. The number of aliphatic hydroxyl groups excluding tert-OH is 1. The third kappa shape index (κ3) is 1.88. The Balaban J connectivity index is 2.47. The van der Waals surface area contributed by atoms with Crippen LogP contribution < -0.4 is 0 Å². The van der Waals surface area contributed by atoms with Gasteiger partial charge in [-0.15, -0.1) is 0 Å². The van der Waals surface area contributed by atoms with Gasteiger partial charge in [0.1, 0.15) is 0 Å². The van der Waals surface area contributed by atoms with Gasteiger partial charge >= 0.3 is 0 Å². The van der Waals surface area contributed by atoms with Crippen molar-refractivity contribution in [1.29, 1.82) is 0 Å². The van der Waals surface area contributed by atoms with E-state index in [1.54, 1.807) is 13.2 Å². The highest BCUT2D eigenvalue weighted by molar-refractivity contribution is 5.20. The van der Waals surface area contributed by atoms with Crippen LogP contribution in [0.25, 0.3) is 0 Å². The Kier molecular flexibility index (Phi) is 2.51. The first-order valence-corrected chi connectivity index (χ1v) is 3.39. The molecule has 0 bridgehead atoms. The highest BCUT2D eigenvalue weighted by Crippen LogP contribution is 2.15. The minimum atomic E-state index is 0.472. The van der Waals surface area contributed by atoms with Crippen molar-refractivity contribution in [3.8, 4) is 0 Å². The standard InChI is InChI=1S/C8H12O2/c1-10-6-7-2-4-8(9)5-3-7/h2,4,9H,3,5-6H2,1H3. The van der Waals surface area contributed by atoms with Gasteiger partial charge in [0, 0.05) is 13.5 Å². The number of ether oxygens (including phenoxy) is 1. The number of methoxy groups -OCH3 is 1. The fourth-order valence-electron chi connectivity index (χ4n) is 0.975. The van der Waals surface area contributed by atoms with Crippen LogP contribution in [-0.2, 0) is 4.74 Å². The summed E-state index contributed by atoms with van der Waals surface area (Å²) in [5, 5.41) is 8.97. The lowest BCUT2D eigenvalue weighted by Crippen LogP contribution is -1.98. The first kappa shape index (κ1) is 7.35. The molecule has 2 heteroatoms. The summed E-state index contributed by atoms with van der Waals surface area (Å²) in [6.45, 7) is 0.684. The van der Waals surface area contributed by atoms with Gasteiger partial charge in [0.05, 0.1) is 12.4 Å². The second kappa shape index (κ2) is 3.42. The molecule has 1 aliphatic carbocycles. The number of hydrogen-bond donors (Lipinski definition) is 1. The van der Waals surface area contributed by atoms with E-state index in [0.717, 1.165) is 12.8 Å². The first-order valence-electron chi connectivity index (χ1n) is 3.39. The maximum atomic E-state index is 8.97. The van der Waals surface area contributed by atoms with Gasteiger partial charge in [0.25, 0.3) is 0 Å². The Morgan fingerprint density at radius 3 is 2.80 bits per heavy atom. The highest BCUT2D eigenvalue weighted by Gasteiger charge is 2.03. The highest BCUT2D eigenvalue weighted by atomic mass is 16.5. The van der Waals surface area contributed by atoms with E-state index < -0.39 is 0 Å². The van der Waals surface area contributed by atoms with Gasteiger partial charge in [-0.25, -0.2) is 0 Å². The molecule has 0 spiro atoms. The van der Waals surface area contributed by atoms with Crippen LogP contribution in [0.5, 0.6) is 0 Å². The second-order valence-corrected chi connectivity index (χ2v) is 2.42. The van der Waals surface area contributed by atoms with Gasteiger partial charge in [-0.2, -0.15) is 0 Å². The lowest BCUT2D eigenvalue weighted by Gasteiger charge is -2.09. The van der Waals surface area contributed by atoms with E-state index in [1.807, 2.05) is 6.08 Å². The minimum absolute atomic E-state index is 0.472. The fraction of sp³-hybridized carbons (Fsp3) is 0.500. The lowest BCUT2D eigenvalue weighted by atomic mass is 10.1. The average Bonchev–Trinajstić information content (AvgIpc) is 1.95. The molecule has 0 fully saturated rings. The Hall–Kier alpha value is -0.760. The summed E-state index contributed by atoms with van der Waals surface area (Å²) in [6.07, 6.45) is 5.34. The molecule has 0 aromatic heterocycles. The quantitative estimate of drug-likeness (QED) is 0.633. The van der Waals surface area contributed by atoms with Crippen molar-refractivity contribution >= 4 is 0 Å². The predicted octanol–water partition coefficient (Wildman–Crippen LogP) is 1.79. The van der Waals surface area contributed by atoms with Crippen molar-refractivity contribution in [3.05, 3.63) is 23.5 Å². The van der Waals surface area contributed by atoms with E-state index >= 15 is 0 Å². The van der Waals surface area contributed by atoms with Crippen molar-refractivity contribution in [2.24, 2.45) is 0 Å². The molecule has 10 heavy (non-hydrogen) atoms. The largest absolute Gasteiger partial charge is 0.512 e. The molecule has 0 radical (unpaired) electrons. The van der Waals surface area contributed by atoms with Gasteiger partial charge in [-0.3, -0.25) is 0 Å². The van der Waals surface area contributed by atoms with Crippen LogP contribution in [-0.4, -0.2) is 18.8 Å². The van der Waals surface area contributed by atoms with Crippen LogP contribution in [0.1, 0.15) is 12.8 Å². The fourth-order valence-corrected chi connectivity index (χ4v) is 0.975. The van der Waals surface area contributed by atoms with Crippen LogP contribution in [0.2, 0.25) is 0 Å². The van der Waals surface area contributed by atoms with E-state index in [0.29, 0.717) is 12.4 Å². The number of aliphatic hydroxyl groups is 1. The van der Waals surface area contributed by atoms with E-state index in [2.05, 4.69) is 0 Å². The molecule has 0 aromatic carbocycles. The predicted molar refractivity (Wildman–Crippen MR) is 39.9 cm³/mol. The van der Waals surface area contributed by atoms with Gasteiger partial charge in [-0.05, 0) is 18.1 Å². The molecule has 1 N–H and O–H groups in total.